The highest BCUT2D eigenvalue weighted by molar-refractivity contribution is 5.98. The smallest absolute Gasteiger partial charge is 0.338 e. The van der Waals surface area contributed by atoms with Gasteiger partial charge in [-0.25, -0.2) is 4.79 Å². The zero-order chi connectivity index (χ0) is 31.4. The van der Waals surface area contributed by atoms with Crippen LogP contribution in [0.5, 0.6) is 0 Å². The largest absolute Gasteiger partial charge is 0.497 e. The zero-order valence-corrected chi connectivity index (χ0v) is 27.4. The molecule has 0 spiro atoms. The van der Waals surface area contributed by atoms with Crippen molar-refractivity contribution in [2.75, 3.05) is 47.4 Å². The molecule has 8 heteroatoms. The zero-order valence-electron chi connectivity index (χ0n) is 27.4. The molecule has 0 saturated heterocycles. The molecule has 2 N–H and O–H groups in total. The van der Waals surface area contributed by atoms with Crippen LogP contribution in [0, 0.1) is 5.92 Å². The molecule has 2 atom stereocenters. The van der Waals surface area contributed by atoms with Gasteiger partial charge >= 0.3 is 5.97 Å². The summed E-state index contributed by atoms with van der Waals surface area (Å²) in [5.41, 5.74) is 4.30. The maximum atomic E-state index is 13.8. The molecule has 1 aliphatic heterocycles. The summed E-state index contributed by atoms with van der Waals surface area (Å²) >= 11 is 0. The van der Waals surface area contributed by atoms with Crippen LogP contribution >= 0.6 is 0 Å². The van der Waals surface area contributed by atoms with Crippen molar-refractivity contribution in [3.63, 3.8) is 0 Å². The summed E-state index contributed by atoms with van der Waals surface area (Å²) in [5.74, 6) is 0.907. The summed E-state index contributed by atoms with van der Waals surface area (Å²) in [7, 11) is 5.70. The fourth-order valence-corrected chi connectivity index (χ4v) is 6.94. The molecular formula is C36H50N4O4. The number of carbonyl (C=O) groups excluding carboxylic acids is 2. The van der Waals surface area contributed by atoms with Gasteiger partial charge in [0, 0.05) is 60.2 Å². The second kappa shape index (κ2) is 13.7. The number of amides is 1. The van der Waals surface area contributed by atoms with Gasteiger partial charge in [-0.3, -0.25) is 4.79 Å². The third-order valence-corrected chi connectivity index (χ3v) is 9.12. The van der Waals surface area contributed by atoms with Crippen LogP contribution in [-0.4, -0.2) is 74.3 Å². The van der Waals surface area contributed by atoms with Crippen molar-refractivity contribution >= 4 is 22.8 Å². The van der Waals surface area contributed by atoms with Crippen molar-refractivity contribution in [3.05, 3.63) is 70.7 Å². The first-order chi connectivity index (χ1) is 21.1. The van der Waals surface area contributed by atoms with Crippen molar-refractivity contribution in [2.24, 2.45) is 5.92 Å². The van der Waals surface area contributed by atoms with Crippen LogP contribution in [0.3, 0.4) is 0 Å². The number of carbonyl (C=O) groups is 2. The Labute approximate surface area is 262 Å². The molecule has 2 aromatic rings. The number of rotatable bonds is 10. The van der Waals surface area contributed by atoms with E-state index in [2.05, 4.69) is 57.5 Å². The lowest BCUT2D eigenvalue weighted by atomic mass is 9.77. The molecule has 2 aliphatic carbocycles. The molecule has 1 aromatic heterocycles. The molecule has 5 rings (SSSR count). The van der Waals surface area contributed by atoms with Crippen molar-refractivity contribution < 1.29 is 19.1 Å². The van der Waals surface area contributed by atoms with E-state index in [4.69, 9.17) is 9.47 Å². The number of nitrogens with zero attached hydrogens (tertiary/aromatic N) is 2. The summed E-state index contributed by atoms with van der Waals surface area (Å²) in [4.78, 5) is 29.2. The first kappa shape index (κ1) is 32.0. The van der Waals surface area contributed by atoms with Crippen LogP contribution in [0.25, 0.3) is 10.9 Å². The topological polar surface area (TPSA) is 84.8 Å². The lowest BCUT2D eigenvalue weighted by Gasteiger charge is -2.28. The summed E-state index contributed by atoms with van der Waals surface area (Å²) in [5, 5.41) is 7.54. The third-order valence-electron chi connectivity index (χ3n) is 9.12. The molecular weight excluding hydrogens is 552 g/mol. The Hall–Kier alpha value is -3.36. The van der Waals surface area contributed by atoms with Crippen LogP contribution in [0.15, 0.2) is 53.8 Å². The van der Waals surface area contributed by atoms with Gasteiger partial charge in [0.1, 0.15) is 11.4 Å². The number of hydrogen-bond donors (Lipinski definition) is 2. The van der Waals surface area contributed by atoms with E-state index in [1.165, 1.54) is 35.9 Å². The normalized spacial score (nSPS) is 20.4. The first-order valence-electron chi connectivity index (χ1n) is 16.2. The Kier molecular flexibility index (Phi) is 10.0. The van der Waals surface area contributed by atoms with Gasteiger partial charge in [-0.15, -0.1) is 0 Å². The molecule has 0 bridgehead atoms. The Morgan fingerprint density at radius 1 is 1.07 bits per heavy atom. The van der Waals surface area contributed by atoms with Crippen molar-refractivity contribution in [1.29, 1.82) is 0 Å². The fraction of sp³-hybridized carbons (Fsp3) is 0.556. The van der Waals surface area contributed by atoms with E-state index in [1.54, 1.807) is 7.11 Å². The van der Waals surface area contributed by atoms with Crippen molar-refractivity contribution in [2.45, 2.75) is 76.9 Å². The minimum Gasteiger partial charge on any atom is -0.497 e. The van der Waals surface area contributed by atoms with Gasteiger partial charge in [-0.2, -0.15) is 0 Å². The number of esters is 1. The first-order valence-corrected chi connectivity index (χ1v) is 16.2. The number of nitrogens with one attached hydrogen (secondary N) is 2. The van der Waals surface area contributed by atoms with Gasteiger partial charge in [0.05, 0.1) is 19.2 Å². The SMILES string of the molecule is CNCCN(C)CCNC(=O)C1=CC2C=C(OC)C=CC2c2c(C3CCCCC3)c3ccc(C(=O)OC(C)(C)C)cc3n2C1. The molecule has 2 heterocycles. The second-order valence-electron chi connectivity index (χ2n) is 13.5. The Balaban J connectivity index is 1.58. The molecule has 1 fully saturated rings. The maximum Gasteiger partial charge on any atom is 0.338 e. The number of likely N-dealkylation sites (N-methyl/N-ethyl adjacent to an activating group) is 2. The fourth-order valence-electron chi connectivity index (χ4n) is 6.94. The molecule has 2 unspecified atom stereocenters. The molecule has 0 radical (unpaired) electrons. The number of fused-ring (bicyclic) bond motifs is 5. The summed E-state index contributed by atoms with van der Waals surface area (Å²) in [6.07, 6.45) is 14.6. The van der Waals surface area contributed by atoms with Crippen LogP contribution in [0.2, 0.25) is 0 Å². The van der Waals surface area contributed by atoms with Crippen molar-refractivity contribution in [3.8, 4) is 0 Å². The highest BCUT2D eigenvalue weighted by Gasteiger charge is 2.36. The van der Waals surface area contributed by atoms with Gasteiger partial charge in [-0.1, -0.05) is 37.5 Å². The summed E-state index contributed by atoms with van der Waals surface area (Å²) in [6, 6.07) is 6.01. The molecule has 1 amide bonds. The van der Waals surface area contributed by atoms with E-state index in [9.17, 15) is 9.59 Å². The second-order valence-corrected chi connectivity index (χ2v) is 13.5. The summed E-state index contributed by atoms with van der Waals surface area (Å²) < 4.78 is 13.7. The number of ether oxygens (including phenoxy) is 2. The van der Waals surface area contributed by atoms with Gasteiger partial charge < -0.3 is 29.6 Å². The number of benzene rings is 1. The number of allylic oxidation sites excluding steroid dienone is 4. The van der Waals surface area contributed by atoms with E-state index in [0.29, 0.717) is 24.6 Å². The minimum atomic E-state index is -0.587. The van der Waals surface area contributed by atoms with Gasteiger partial charge in [0.25, 0.3) is 0 Å². The standard InChI is InChI=1S/C36H50N4O4/c1-36(2,3)44-35(42)25-12-14-30-31(22-25)40-23-27(34(41)38-17-19-39(5)18-16-37-4)20-26-21-28(43-6)13-15-29(26)33(40)32(30)24-10-8-7-9-11-24/h12-15,20-22,24,26,29,37H,7-11,16-19,23H2,1-6H3,(H,38,41). The number of methoxy groups -OCH3 is 1. The molecule has 238 valence electrons. The predicted molar refractivity (Wildman–Crippen MR) is 176 cm³/mol. The predicted octanol–water partition coefficient (Wildman–Crippen LogP) is 5.65. The Morgan fingerprint density at radius 2 is 1.82 bits per heavy atom. The van der Waals surface area contributed by atoms with Gasteiger partial charge in [-0.05, 0) is 83.5 Å². The average molecular weight is 603 g/mol. The van der Waals surface area contributed by atoms with E-state index in [-0.39, 0.29) is 23.7 Å². The molecule has 44 heavy (non-hydrogen) atoms. The van der Waals surface area contributed by atoms with Gasteiger partial charge in [0.15, 0.2) is 0 Å². The average Bonchev–Trinajstić information content (AvgIpc) is 3.21. The summed E-state index contributed by atoms with van der Waals surface area (Å²) in [6.45, 7) is 9.26. The quantitative estimate of drug-likeness (QED) is 0.342. The van der Waals surface area contributed by atoms with Crippen molar-refractivity contribution in [1.82, 2.24) is 20.1 Å². The third kappa shape index (κ3) is 7.13. The molecule has 3 aliphatic rings. The van der Waals surface area contributed by atoms with Gasteiger partial charge in [0.2, 0.25) is 5.91 Å². The molecule has 8 nitrogen and oxygen atoms in total. The van der Waals surface area contributed by atoms with E-state index < -0.39 is 5.60 Å². The highest BCUT2D eigenvalue weighted by Crippen LogP contribution is 2.47. The lowest BCUT2D eigenvalue weighted by molar-refractivity contribution is -0.117. The molecule has 1 aromatic carbocycles. The van der Waals surface area contributed by atoms with E-state index in [1.807, 2.05) is 40.0 Å². The monoisotopic (exact) mass is 602 g/mol. The van der Waals surface area contributed by atoms with Crippen LogP contribution < -0.4 is 10.6 Å². The Morgan fingerprint density at radius 3 is 2.52 bits per heavy atom. The van der Waals surface area contributed by atoms with Crippen LogP contribution in [0.4, 0.5) is 0 Å². The van der Waals surface area contributed by atoms with E-state index in [0.717, 1.165) is 49.3 Å². The molecule has 1 saturated carbocycles. The minimum absolute atomic E-state index is 0.0211. The van der Waals surface area contributed by atoms with Crippen LogP contribution in [-0.2, 0) is 20.8 Å². The number of hydrogen-bond acceptors (Lipinski definition) is 6. The van der Waals surface area contributed by atoms with Crippen LogP contribution in [0.1, 0.15) is 86.3 Å². The Bertz CT molecular complexity index is 1450. The van der Waals surface area contributed by atoms with E-state index >= 15 is 0 Å². The number of aromatic nitrogens is 1. The maximum absolute atomic E-state index is 13.8. The lowest BCUT2D eigenvalue weighted by Crippen LogP contribution is -2.36. The highest BCUT2D eigenvalue weighted by atomic mass is 16.6.